The number of likely N-dealkylation sites (N-methyl/N-ethyl adjacent to an activating group) is 1. The standard InChI is InChI=1S/C13H19N5O/c1-9(17(2)3)8-15-12-11-10(6-5-7-14-11)13(19)18(4)16-12/h5-7,9H,8H2,1-4H3,(H,15,16). The number of rotatable bonds is 4. The highest BCUT2D eigenvalue weighted by atomic mass is 16.1. The molecule has 0 amide bonds. The van der Waals surface area contributed by atoms with E-state index in [0.717, 1.165) is 6.54 Å². The predicted molar refractivity (Wildman–Crippen MR) is 76.4 cm³/mol. The first-order chi connectivity index (χ1) is 9.00. The summed E-state index contributed by atoms with van der Waals surface area (Å²) in [7, 11) is 5.70. The minimum absolute atomic E-state index is 0.130. The van der Waals surface area contributed by atoms with Crippen LogP contribution in [0, 0.1) is 0 Å². The number of hydrogen-bond acceptors (Lipinski definition) is 5. The molecule has 0 aliphatic heterocycles. The van der Waals surface area contributed by atoms with Gasteiger partial charge in [-0.05, 0) is 33.2 Å². The lowest BCUT2D eigenvalue weighted by Gasteiger charge is -2.20. The fraction of sp³-hybridized carbons (Fsp3) is 0.462. The zero-order valence-electron chi connectivity index (χ0n) is 11.7. The predicted octanol–water partition coefficient (Wildman–Crippen LogP) is 0.690. The highest BCUT2D eigenvalue weighted by molar-refractivity contribution is 5.86. The van der Waals surface area contributed by atoms with E-state index in [1.54, 1.807) is 25.4 Å². The minimum atomic E-state index is -0.130. The molecule has 0 aliphatic carbocycles. The lowest BCUT2D eigenvalue weighted by atomic mass is 10.2. The van der Waals surface area contributed by atoms with Crippen LogP contribution >= 0.6 is 0 Å². The molecule has 1 unspecified atom stereocenters. The van der Waals surface area contributed by atoms with Crippen molar-refractivity contribution in [1.82, 2.24) is 19.7 Å². The van der Waals surface area contributed by atoms with Gasteiger partial charge in [0.1, 0.15) is 5.52 Å². The van der Waals surface area contributed by atoms with Crippen LogP contribution in [0.5, 0.6) is 0 Å². The molecule has 0 bridgehead atoms. The fourth-order valence-corrected chi connectivity index (χ4v) is 1.73. The topological polar surface area (TPSA) is 63.1 Å². The number of aromatic nitrogens is 3. The Balaban J connectivity index is 2.38. The maximum absolute atomic E-state index is 12.0. The number of nitrogens with zero attached hydrogens (tertiary/aromatic N) is 4. The normalized spacial score (nSPS) is 12.9. The van der Waals surface area contributed by atoms with Gasteiger partial charge in [0.2, 0.25) is 0 Å². The molecule has 6 nitrogen and oxygen atoms in total. The summed E-state index contributed by atoms with van der Waals surface area (Å²) in [5.74, 6) is 0.645. The zero-order chi connectivity index (χ0) is 14.0. The second kappa shape index (κ2) is 5.36. The molecular formula is C13H19N5O. The SMILES string of the molecule is CC(CNc1nn(C)c(=O)c2cccnc12)N(C)C. The Morgan fingerprint density at radius 1 is 1.47 bits per heavy atom. The Labute approximate surface area is 112 Å². The molecule has 2 rings (SSSR count). The molecule has 2 aromatic rings. The highest BCUT2D eigenvalue weighted by Crippen LogP contribution is 2.14. The number of aryl methyl sites for hydroxylation is 1. The summed E-state index contributed by atoms with van der Waals surface area (Å²) in [5.41, 5.74) is 0.492. The van der Waals surface area contributed by atoms with Gasteiger partial charge in [0.05, 0.1) is 5.39 Å². The Bertz CT molecular complexity index is 634. The fourth-order valence-electron chi connectivity index (χ4n) is 1.73. The van der Waals surface area contributed by atoms with Crippen molar-refractivity contribution in [3.8, 4) is 0 Å². The van der Waals surface area contributed by atoms with E-state index in [4.69, 9.17) is 0 Å². The first-order valence-electron chi connectivity index (χ1n) is 6.23. The molecule has 0 aliphatic rings. The van der Waals surface area contributed by atoms with E-state index in [2.05, 4.69) is 27.2 Å². The first kappa shape index (κ1) is 13.5. The van der Waals surface area contributed by atoms with Crippen LogP contribution in [0.25, 0.3) is 10.9 Å². The average Bonchev–Trinajstić information content (AvgIpc) is 2.40. The quantitative estimate of drug-likeness (QED) is 0.877. The number of nitrogens with one attached hydrogen (secondary N) is 1. The largest absolute Gasteiger partial charge is 0.365 e. The van der Waals surface area contributed by atoms with Gasteiger partial charge < -0.3 is 10.2 Å². The molecule has 1 atom stereocenters. The van der Waals surface area contributed by atoms with E-state index in [1.807, 2.05) is 14.1 Å². The van der Waals surface area contributed by atoms with E-state index in [-0.39, 0.29) is 5.56 Å². The van der Waals surface area contributed by atoms with Crippen molar-refractivity contribution < 1.29 is 0 Å². The van der Waals surface area contributed by atoms with Crippen LogP contribution in [-0.4, -0.2) is 46.3 Å². The summed E-state index contributed by atoms with van der Waals surface area (Å²) in [5, 5.41) is 8.09. The van der Waals surface area contributed by atoms with Crippen molar-refractivity contribution in [2.75, 3.05) is 26.0 Å². The lowest BCUT2D eigenvalue weighted by molar-refractivity contribution is 0.326. The van der Waals surface area contributed by atoms with Gasteiger partial charge in [-0.1, -0.05) is 0 Å². The summed E-state index contributed by atoms with van der Waals surface area (Å²) in [6.45, 7) is 2.86. The molecule has 0 saturated carbocycles. The van der Waals surface area contributed by atoms with E-state index in [1.165, 1.54) is 4.68 Å². The summed E-state index contributed by atoms with van der Waals surface area (Å²) in [6, 6.07) is 3.89. The maximum Gasteiger partial charge on any atom is 0.276 e. The van der Waals surface area contributed by atoms with E-state index < -0.39 is 0 Å². The van der Waals surface area contributed by atoms with Gasteiger partial charge in [-0.25, -0.2) is 4.68 Å². The average molecular weight is 261 g/mol. The Morgan fingerprint density at radius 3 is 2.89 bits per heavy atom. The third kappa shape index (κ3) is 2.73. The number of fused-ring (bicyclic) bond motifs is 1. The van der Waals surface area contributed by atoms with Gasteiger partial charge in [0.15, 0.2) is 5.82 Å². The Morgan fingerprint density at radius 2 is 2.21 bits per heavy atom. The maximum atomic E-state index is 12.0. The second-order valence-corrected chi connectivity index (χ2v) is 4.87. The molecule has 2 heterocycles. The monoisotopic (exact) mass is 261 g/mol. The van der Waals surface area contributed by atoms with Gasteiger partial charge in [-0.15, -0.1) is 0 Å². The molecule has 1 N–H and O–H groups in total. The molecule has 0 radical (unpaired) electrons. The third-order valence-corrected chi connectivity index (χ3v) is 3.25. The van der Waals surface area contributed by atoms with Crippen molar-refractivity contribution in [3.05, 3.63) is 28.7 Å². The van der Waals surface area contributed by atoms with Crippen LogP contribution in [0.15, 0.2) is 23.1 Å². The lowest BCUT2D eigenvalue weighted by Crippen LogP contribution is -2.32. The molecule has 2 aromatic heterocycles. The van der Waals surface area contributed by atoms with Gasteiger partial charge in [-0.3, -0.25) is 9.78 Å². The van der Waals surface area contributed by atoms with Crippen LogP contribution in [0.2, 0.25) is 0 Å². The number of hydrogen-bond donors (Lipinski definition) is 1. The van der Waals surface area contributed by atoms with Crippen LogP contribution in [0.3, 0.4) is 0 Å². The highest BCUT2D eigenvalue weighted by Gasteiger charge is 2.11. The summed E-state index contributed by atoms with van der Waals surface area (Å²) in [6.07, 6.45) is 1.67. The molecule has 0 aromatic carbocycles. The summed E-state index contributed by atoms with van der Waals surface area (Å²) >= 11 is 0. The third-order valence-electron chi connectivity index (χ3n) is 3.25. The van der Waals surface area contributed by atoms with E-state index in [9.17, 15) is 4.79 Å². The second-order valence-electron chi connectivity index (χ2n) is 4.87. The molecule has 0 fully saturated rings. The van der Waals surface area contributed by atoms with Crippen molar-refractivity contribution in [2.24, 2.45) is 7.05 Å². The number of pyridine rings is 1. The summed E-state index contributed by atoms with van der Waals surface area (Å²) < 4.78 is 1.34. The van der Waals surface area contributed by atoms with Gasteiger partial charge >= 0.3 is 0 Å². The van der Waals surface area contributed by atoms with Gasteiger partial charge in [0, 0.05) is 25.8 Å². The Hall–Kier alpha value is -1.95. The molecular weight excluding hydrogens is 242 g/mol. The molecule has 0 spiro atoms. The smallest absolute Gasteiger partial charge is 0.276 e. The molecule has 102 valence electrons. The van der Waals surface area contributed by atoms with Crippen LogP contribution in [-0.2, 0) is 7.05 Å². The molecule has 19 heavy (non-hydrogen) atoms. The minimum Gasteiger partial charge on any atom is -0.365 e. The van der Waals surface area contributed by atoms with Gasteiger partial charge in [0.25, 0.3) is 5.56 Å². The number of anilines is 1. The van der Waals surface area contributed by atoms with E-state index in [0.29, 0.717) is 22.8 Å². The van der Waals surface area contributed by atoms with Crippen molar-refractivity contribution >= 4 is 16.7 Å². The van der Waals surface area contributed by atoms with Crippen molar-refractivity contribution in [1.29, 1.82) is 0 Å². The first-order valence-corrected chi connectivity index (χ1v) is 6.23. The van der Waals surface area contributed by atoms with Crippen LogP contribution in [0.4, 0.5) is 5.82 Å². The van der Waals surface area contributed by atoms with E-state index >= 15 is 0 Å². The van der Waals surface area contributed by atoms with Crippen LogP contribution < -0.4 is 10.9 Å². The Kier molecular flexibility index (Phi) is 3.80. The van der Waals surface area contributed by atoms with Gasteiger partial charge in [-0.2, -0.15) is 5.10 Å². The molecule has 0 saturated heterocycles. The summed E-state index contributed by atoms with van der Waals surface area (Å²) in [4.78, 5) is 18.3. The zero-order valence-corrected chi connectivity index (χ0v) is 11.7. The van der Waals surface area contributed by atoms with Crippen molar-refractivity contribution in [2.45, 2.75) is 13.0 Å². The van der Waals surface area contributed by atoms with Crippen molar-refractivity contribution in [3.63, 3.8) is 0 Å². The van der Waals surface area contributed by atoms with Crippen LogP contribution in [0.1, 0.15) is 6.92 Å². The molecule has 6 heteroatoms.